The van der Waals surface area contributed by atoms with Crippen molar-refractivity contribution in [1.29, 1.82) is 0 Å². The van der Waals surface area contributed by atoms with Crippen LogP contribution in [0.25, 0.3) is 0 Å². The van der Waals surface area contributed by atoms with Gasteiger partial charge >= 0.3 is 0 Å². The fourth-order valence-corrected chi connectivity index (χ4v) is 8.54. The minimum absolute atomic E-state index is 0.174. The van der Waals surface area contributed by atoms with Crippen LogP contribution in [0.2, 0.25) is 0 Å². The molecule has 0 aromatic carbocycles. The van der Waals surface area contributed by atoms with Crippen molar-refractivity contribution >= 4 is 0 Å². The van der Waals surface area contributed by atoms with Gasteiger partial charge in [-0.1, -0.05) is 27.7 Å². The predicted molar refractivity (Wildman–Crippen MR) is 93.3 cm³/mol. The lowest BCUT2D eigenvalue weighted by Crippen LogP contribution is -2.88. The van der Waals surface area contributed by atoms with E-state index in [1.165, 1.54) is 0 Å². The van der Waals surface area contributed by atoms with Crippen molar-refractivity contribution in [3.63, 3.8) is 0 Å². The third-order valence-corrected chi connectivity index (χ3v) is 10.4. The highest BCUT2D eigenvalue weighted by atomic mass is 16.7. The lowest BCUT2D eigenvalue weighted by atomic mass is 9.38. The van der Waals surface area contributed by atoms with Crippen LogP contribution in [0.1, 0.15) is 60.3 Å². The summed E-state index contributed by atoms with van der Waals surface area (Å²) < 4.78 is 6.01. The Hall–Kier alpha value is -0.280. The first-order valence-electron chi connectivity index (χ1n) is 10.1. The molecule has 4 saturated carbocycles. The van der Waals surface area contributed by atoms with E-state index in [1.54, 1.807) is 34.6 Å². The van der Waals surface area contributed by atoms with Crippen LogP contribution < -0.4 is 0 Å². The standard InChI is InChI=1S/C20H32O7/c1-10(2)15(21)9-17(23)13(4)8-18(24)14(15,5)20(17,26)12(27-18)19(25)11(3)6-7-16(13,19)22/h10-12,21-26H,6-9H2,1-5H3/t11-,12-,13-,14-,15+,16+,17-,18-,19-,20-/m1/s1. The lowest BCUT2D eigenvalue weighted by molar-refractivity contribution is -0.382. The van der Waals surface area contributed by atoms with E-state index >= 15 is 0 Å². The van der Waals surface area contributed by atoms with Crippen LogP contribution in [-0.2, 0) is 4.74 Å². The Morgan fingerprint density at radius 2 is 1.52 bits per heavy atom. The topological polar surface area (TPSA) is 131 Å². The normalized spacial score (nSPS) is 71.6. The minimum Gasteiger partial charge on any atom is -0.389 e. The molecule has 1 heterocycles. The maximum Gasteiger partial charge on any atom is 0.178 e. The number of hydrogen-bond acceptors (Lipinski definition) is 7. The van der Waals surface area contributed by atoms with Gasteiger partial charge in [-0.25, -0.2) is 0 Å². The van der Waals surface area contributed by atoms with E-state index in [1.807, 2.05) is 0 Å². The first-order chi connectivity index (χ1) is 12.1. The molecule has 0 amide bonds. The molecule has 0 aromatic rings. The van der Waals surface area contributed by atoms with Crippen LogP contribution in [0, 0.1) is 22.7 Å². The molecule has 6 N–H and O–H groups in total. The zero-order chi connectivity index (χ0) is 20.3. The van der Waals surface area contributed by atoms with Crippen molar-refractivity contribution in [2.45, 2.75) is 100 Å². The van der Waals surface area contributed by atoms with Gasteiger partial charge in [-0.2, -0.15) is 0 Å². The van der Waals surface area contributed by atoms with E-state index in [9.17, 15) is 30.6 Å². The highest BCUT2D eigenvalue weighted by Gasteiger charge is 3.01. The quantitative estimate of drug-likeness (QED) is 0.364. The van der Waals surface area contributed by atoms with Gasteiger partial charge in [0.05, 0.1) is 11.0 Å². The summed E-state index contributed by atoms with van der Waals surface area (Å²) in [6, 6.07) is 0. The average Bonchev–Trinajstić information content (AvgIpc) is 2.92. The van der Waals surface area contributed by atoms with E-state index in [0.717, 1.165) is 0 Å². The van der Waals surface area contributed by atoms with Crippen LogP contribution in [-0.4, -0.2) is 70.5 Å². The SMILES string of the molecule is CC(C)[C@@]1(O)C[C@@]2(O)[C@]3(C)C[C@@]4(O)O[C@H]([C@]5(O)[C@H](C)CC[C@@]53O)[C@@]2(O)[C@@]41C. The molecule has 5 fully saturated rings. The largest absolute Gasteiger partial charge is 0.389 e. The highest BCUT2D eigenvalue weighted by Crippen LogP contribution is 2.85. The Balaban J connectivity index is 1.92. The van der Waals surface area contributed by atoms with Gasteiger partial charge in [-0.15, -0.1) is 0 Å². The van der Waals surface area contributed by atoms with E-state index in [-0.39, 0.29) is 19.3 Å². The molecule has 5 bridgehead atoms. The highest BCUT2D eigenvalue weighted by molar-refractivity contribution is 5.49. The van der Waals surface area contributed by atoms with Gasteiger partial charge < -0.3 is 35.4 Å². The van der Waals surface area contributed by atoms with E-state index in [0.29, 0.717) is 6.42 Å². The summed E-state index contributed by atoms with van der Waals surface area (Å²) in [5.74, 6) is -2.80. The van der Waals surface area contributed by atoms with Crippen LogP contribution >= 0.6 is 0 Å². The molecule has 0 radical (unpaired) electrons. The molecule has 0 spiro atoms. The van der Waals surface area contributed by atoms with Crippen molar-refractivity contribution in [2.75, 3.05) is 0 Å². The third kappa shape index (κ3) is 1.20. The summed E-state index contributed by atoms with van der Waals surface area (Å²) in [7, 11) is 0. The second kappa shape index (κ2) is 4.13. The van der Waals surface area contributed by atoms with Crippen molar-refractivity contribution in [3.8, 4) is 0 Å². The van der Waals surface area contributed by atoms with Crippen LogP contribution in [0.15, 0.2) is 0 Å². The maximum absolute atomic E-state index is 12.1. The number of fused-ring (bicyclic) bond motifs is 3. The zero-order valence-corrected chi connectivity index (χ0v) is 16.7. The van der Waals surface area contributed by atoms with Gasteiger partial charge in [0.1, 0.15) is 28.5 Å². The Morgan fingerprint density at radius 3 is 2.07 bits per heavy atom. The second-order valence-corrected chi connectivity index (χ2v) is 10.9. The summed E-state index contributed by atoms with van der Waals surface area (Å²) in [6.45, 7) is 8.51. The monoisotopic (exact) mass is 384 g/mol. The first kappa shape index (κ1) is 18.7. The van der Waals surface area contributed by atoms with E-state index in [4.69, 9.17) is 4.74 Å². The number of ether oxygens (including phenoxy) is 1. The number of hydrogen-bond donors (Lipinski definition) is 6. The molecule has 7 nitrogen and oxygen atoms in total. The summed E-state index contributed by atoms with van der Waals surface area (Å²) in [4.78, 5) is 0. The molecule has 154 valence electrons. The number of aliphatic hydroxyl groups is 6. The van der Waals surface area contributed by atoms with Crippen LogP contribution in [0.4, 0.5) is 0 Å². The van der Waals surface area contributed by atoms with Gasteiger partial charge in [-0.05, 0) is 31.6 Å². The first-order valence-corrected chi connectivity index (χ1v) is 10.1. The van der Waals surface area contributed by atoms with Gasteiger partial charge in [-0.3, -0.25) is 0 Å². The second-order valence-electron chi connectivity index (χ2n) is 10.9. The summed E-state index contributed by atoms with van der Waals surface area (Å²) in [5.41, 5.74) is -12.4. The molecule has 0 unspecified atom stereocenters. The Labute approximate surface area is 159 Å². The molecule has 4 aliphatic carbocycles. The van der Waals surface area contributed by atoms with Gasteiger partial charge in [0.25, 0.3) is 0 Å². The molecule has 5 aliphatic rings. The Kier molecular flexibility index (Phi) is 2.86. The van der Waals surface area contributed by atoms with Crippen molar-refractivity contribution in [1.82, 2.24) is 0 Å². The fraction of sp³-hybridized carbons (Fsp3) is 1.00. The lowest BCUT2D eigenvalue weighted by Gasteiger charge is -2.69. The molecule has 1 saturated heterocycles. The number of rotatable bonds is 1. The van der Waals surface area contributed by atoms with Gasteiger partial charge in [0, 0.05) is 18.3 Å². The maximum atomic E-state index is 12.1. The van der Waals surface area contributed by atoms with Crippen molar-refractivity contribution in [2.24, 2.45) is 22.7 Å². The minimum atomic E-state index is -2.11. The Morgan fingerprint density at radius 1 is 0.926 bits per heavy atom. The molecule has 5 rings (SSSR count). The van der Waals surface area contributed by atoms with Gasteiger partial charge in [0.15, 0.2) is 5.79 Å². The van der Waals surface area contributed by atoms with Crippen molar-refractivity contribution in [3.05, 3.63) is 0 Å². The molecule has 7 heteroatoms. The van der Waals surface area contributed by atoms with Gasteiger partial charge in [0.2, 0.25) is 0 Å². The van der Waals surface area contributed by atoms with Crippen molar-refractivity contribution < 1.29 is 35.4 Å². The third-order valence-electron chi connectivity index (χ3n) is 10.4. The fourth-order valence-electron chi connectivity index (χ4n) is 8.54. The van der Waals surface area contributed by atoms with Crippen LogP contribution in [0.3, 0.4) is 0 Å². The molecule has 0 aromatic heterocycles. The van der Waals surface area contributed by atoms with Crippen LogP contribution in [0.5, 0.6) is 0 Å². The molecule has 27 heavy (non-hydrogen) atoms. The zero-order valence-electron chi connectivity index (χ0n) is 16.7. The molecular formula is C20H32O7. The molecular weight excluding hydrogens is 352 g/mol. The average molecular weight is 384 g/mol. The smallest absolute Gasteiger partial charge is 0.178 e. The molecule has 1 aliphatic heterocycles. The molecule has 10 atom stereocenters. The Bertz CT molecular complexity index is 759. The summed E-state index contributed by atoms with van der Waals surface area (Å²) in [6.07, 6.45) is -1.04. The summed E-state index contributed by atoms with van der Waals surface area (Å²) >= 11 is 0. The van der Waals surface area contributed by atoms with E-state index in [2.05, 4.69) is 0 Å². The summed E-state index contributed by atoms with van der Waals surface area (Å²) in [5, 5.41) is 71.2. The van der Waals surface area contributed by atoms with E-state index < -0.39 is 62.6 Å². The predicted octanol–water partition coefficient (Wildman–Crippen LogP) is -0.351.